The molecular formula is C18H31N7O4PS+. The minimum atomic E-state index is -1.44. The number of nitrogens with two attached hydrogens (primary N) is 1. The Morgan fingerprint density at radius 3 is 2.65 bits per heavy atom. The zero-order valence-electron chi connectivity index (χ0n) is 18.7. The highest BCUT2D eigenvalue weighted by Crippen LogP contribution is 2.26. The quantitative estimate of drug-likeness (QED) is 0.309. The van der Waals surface area contributed by atoms with Gasteiger partial charge in [0.25, 0.3) is 0 Å². The first-order valence-electron chi connectivity index (χ1n) is 9.93. The van der Waals surface area contributed by atoms with Gasteiger partial charge in [0.05, 0.1) is 18.5 Å². The zero-order chi connectivity index (χ0) is 23.1. The number of methoxy groups -OCH3 is 1. The number of hydrogen-bond donors (Lipinski definition) is 3. The Morgan fingerprint density at radius 2 is 2.03 bits per heavy atom. The smallest absolute Gasteiger partial charge is 0.440 e. The molecule has 11 nitrogen and oxygen atoms in total. The highest BCUT2D eigenvalue weighted by molar-refractivity contribution is 8.02. The fraction of sp³-hybridized carbons (Fsp3) is 0.667. The van der Waals surface area contributed by atoms with Crippen LogP contribution in [0.1, 0.15) is 40.2 Å². The Labute approximate surface area is 188 Å². The van der Waals surface area contributed by atoms with Gasteiger partial charge in [0.2, 0.25) is 17.8 Å². The molecule has 0 saturated carbocycles. The van der Waals surface area contributed by atoms with E-state index in [1.807, 2.05) is 11.5 Å². The van der Waals surface area contributed by atoms with Crippen LogP contribution in [0.25, 0.3) is 11.2 Å². The number of imidazole rings is 1. The monoisotopic (exact) mass is 472 g/mol. The van der Waals surface area contributed by atoms with Crippen molar-refractivity contribution in [2.45, 2.75) is 58.4 Å². The first-order valence-corrected chi connectivity index (χ1v) is 12.2. The second-order valence-corrected chi connectivity index (χ2v) is 9.36. The molecule has 2 aromatic heterocycles. The van der Waals surface area contributed by atoms with Gasteiger partial charge in [-0.3, -0.25) is 4.79 Å². The molecule has 0 amide bonds. The van der Waals surface area contributed by atoms with Crippen LogP contribution in [0.3, 0.4) is 0 Å². The van der Waals surface area contributed by atoms with E-state index in [2.05, 4.69) is 25.4 Å². The average Bonchev–Trinajstić information content (AvgIpc) is 3.13. The van der Waals surface area contributed by atoms with Crippen LogP contribution in [-0.4, -0.2) is 64.5 Å². The Bertz CT molecular complexity index is 910. The second-order valence-electron chi connectivity index (χ2n) is 7.34. The Balaban J connectivity index is 1.96. The second kappa shape index (κ2) is 11.6. The normalized spacial score (nSPS) is 15.0. The molecular weight excluding hydrogens is 441 g/mol. The maximum absolute atomic E-state index is 11.9. The molecule has 0 radical (unpaired) electrons. The van der Waals surface area contributed by atoms with Gasteiger partial charge in [0, 0.05) is 20.2 Å². The van der Waals surface area contributed by atoms with Crippen LogP contribution in [0.15, 0.2) is 6.33 Å². The molecule has 0 bridgehead atoms. The van der Waals surface area contributed by atoms with Crippen LogP contribution >= 0.6 is 7.07 Å². The highest BCUT2D eigenvalue weighted by Gasteiger charge is 2.26. The van der Waals surface area contributed by atoms with E-state index in [4.69, 9.17) is 31.5 Å². The van der Waals surface area contributed by atoms with Gasteiger partial charge < -0.3 is 25.1 Å². The molecule has 2 aromatic rings. The third-order valence-corrected chi connectivity index (χ3v) is 6.08. The summed E-state index contributed by atoms with van der Waals surface area (Å²) < 4.78 is 18.4. The molecule has 0 saturated heterocycles. The number of esters is 1. The molecule has 0 aliphatic heterocycles. The summed E-state index contributed by atoms with van der Waals surface area (Å²) >= 11 is 5.33. The molecule has 2 heterocycles. The molecule has 4 N–H and O–H groups in total. The molecule has 2 rings (SSSR count). The van der Waals surface area contributed by atoms with Crippen LogP contribution in [0.4, 0.5) is 11.8 Å². The number of rotatable bonds is 12. The van der Waals surface area contributed by atoms with E-state index in [9.17, 15) is 4.79 Å². The van der Waals surface area contributed by atoms with E-state index < -0.39 is 13.1 Å². The predicted octanol–water partition coefficient (Wildman–Crippen LogP) is 2.14. The SMILES string of the molecule is CNc1nc(N)nc2c1ncn2[C@@H](C)C[C@@H](CO[P+](=S)N[C@H](C)C(=O)OC(C)C)OC. The van der Waals surface area contributed by atoms with Gasteiger partial charge in [-0.1, -0.05) is 5.09 Å². The standard InChI is InChI=1S/C18H31N7O4PS/c1-10(2)29-17(26)12(4)24-30(31)28-8-13(27-6)7-11(3)25-9-21-14-15(20-5)22-18(19)23-16(14)25/h9-13H,7-8H2,1-6H3,(H,24,31)(H3,19,20,22,23)/q+1/t11-,12+,13-/m0/s1. The molecule has 172 valence electrons. The molecule has 0 aliphatic carbocycles. The van der Waals surface area contributed by atoms with Gasteiger partial charge >= 0.3 is 13.0 Å². The van der Waals surface area contributed by atoms with Crippen molar-refractivity contribution in [2.24, 2.45) is 0 Å². The number of anilines is 2. The summed E-state index contributed by atoms with van der Waals surface area (Å²) in [6.45, 7) is 7.60. The summed E-state index contributed by atoms with van der Waals surface area (Å²) in [5.41, 5.74) is 7.12. The van der Waals surface area contributed by atoms with E-state index in [-0.39, 0.29) is 36.8 Å². The Morgan fingerprint density at radius 1 is 1.32 bits per heavy atom. The fourth-order valence-electron chi connectivity index (χ4n) is 2.89. The van der Waals surface area contributed by atoms with Crippen molar-refractivity contribution in [1.82, 2.24) is 24.6 Å². The number of ether oxygens (including phenoxy) is 2. The summed E-state index contributed by atoms with van der Waals surface area (Å²) in [6, 6.07) is -0.545. The maximum atomic E-state index is 11.9. The molecule has 0 aliphatic rings. The first-order chi connectivity index (χ1) is 14.7. The van der Waals surface area contributed by atoms with Crippen LogP contribution in [0, 0.1) is 0 Å². The van der Waals surface area contributed by atoms with Gasteiger partial charge in [0.15, 0.2) is 17.0 Å². The van der Waals surface area contributed by atoms with Gasteiger partial charge in [-0.15, -0.1) is 4.52 Å². The highest BCUT2D eigenvalue weighted by atomic mass is 32.4. The van der Waals surface area contributed by atoms with Crippen molar-refractivity contribution in [1.29, 1.82) is 0 Å². The Hall–Kier alpha value is -1.98. The predicted molar refractivity (Wildman–Crippen MR) is 123 cm³/mol. The number of carbonyl (C=O) groups is 1. The van der Waals surface area contributed by atoms with Crippen molar-refractivity contribution < 1.29 is 18.8 Å². The topological polar surface area (TPSA) is 138 Å². The summed E-state index contributed by atoms with van der Waals surface area (Å²) in [7, 11) is 1.94. The van der Waals surface area contributed by atoms with Gasteiger partial charge in [-0.2, -0.15) is 9.97 Å². The van der Waals surface area contributed by atoms with Crippen LogP contribution in [0.2, 0.25) is 0 Å². The zero-order valence-corrected chi connectivity index (χ0v) is 20.4. The summed E-state index contributed by atoms with van der Waals surface area (Å²) in [4.78, 5) is 24.8. The van der Waals surface area contributed by atoms with E-state index in [0.717, 1.165) is 0 Å². The van der Waals surface area contributed by atoms with E-state index >= 15 is 0 Å². The maximum Gasteiger partial charge on any atom is 0.440 e. The number of nitrogens with zero attached hydrogens (tertiary/aromatic N) is 4. The summed E-state index contributed by atoms with van der Waals surface area (Å²) in [5.74, 6) is 0.389. The van der Waals surface area contributed by atoms with Gasteiger partial charge in [-0.05, 0) is 34.1 Å². The molecule has 0 spiro atoms. The number of fused-ring (bicyclic) bond motifs is 1. The van der Waals surface area contributed by atoms with Crippen molar-refractivity contribution in [3.8, 4) is 0 Å². The molecule has 0 aromatic carbocycles. The van der Waals surface area contributed by atoms with Crippen molar-refractivity contribution in [3.05, 3.63) is 6.33 Å². The van der Waals surface area contributed by atoms with Crippen molar-refractivity contribution in [2.75, 3.05) is 31.8 Å². The third-order valence-electron chi connectivity index (χ3n) is 4.47. The van der Waals surface area contributed by atoms with Gasteiger partial charge in [0.1, 0.15) is 12.6 Å². The van der Waals surface area contributed by atoms with Crippen LogP contribution in [0.5, 0.6) is 0 Å². The van der Waals surface area contributed by atoms with E-state index in [1.54, 1.807) is 41.3 Å². The minimum Gasteiger partial charge on any atom is -0.462 e. The van der Waals surface area contributed by atoms with Crippen LogP contribution < -0.4 is 16.1 Å². The van der Waals surface area contributed by atoms with E-state index in [0.29, 0.717) is 23.4 Å². The number of carbonyl (C=O) groups excluding carboxylic acids is 1. The van der Waals surface area contributed by atoms with E-state index in [1.165, 1.54) is 0 Å². The number of nitrogen functional groups attached to an aromatic ring is 1. The van der Waals surface area contributed by atoms with Crippen molar-refractivity contribution in [3.63, 3.8) is 0 Å². The van der Waals surface area contributed by atoms with Gasteiger partial charge in [-0.25, -0.2) is 4.98 Å². The molecule has 4 atom stereocenters. The fourth-order valence-corrected chi connectivity index (χ4v) is 4.34. The third kappa shape index (κ3) is 7.01. The lowest BCUT2D eigenvalue weighted by Crippen LogP contribution is -2.33. The molecule has 13 heteroatoms. The lowest BCUT2D eigenvalue weighted by Gasteiger charge is -2.19. The number of hydrogen-bond acceptors (Lipinski definition) is 10. The molecule has 1 unspecified atom stereocenters. The minimum absolute atomic E-state index is 0.00167. The first kappa shape index (κ1) is 25.3. The number of aromatic nitrogens is 4. The van der Waals surface area contributed by atoms with Crippen molar-refractivity contribution >= 4 is 47.8 Å². The summed E-state index contributed by atoms with van der Waals surface area (Å²) in [6.07, 6.45) is 1.94. The summed E-state index contributed by atoms with van der Waals surface area (Å²) in [5, 5.41) is 5.94. The molecule has 31 heavy (non-hydrogen) atoms. The lowest BCUT2D eigenvalue weighted by atomic mass is 10.1. The lowest BCUT2D eigenvalue weighted by molar-refractivity contribution is -0.148. The average molecular weight is 473 g/mol. The number of nitrogens with one attached hydrogen (secondary N) is 2. The Kier molecular flexibility index (Phi) is 9.45. The van der Waals surface area contributed by atoms with Crippen LogP contribution in [-0.2, 0) is 30.6 Å². The largest absolute Gasteiger partial charge is 0.462 e. The molecule has 0 fully saturated rings.